The third kappa shape index (κ3) is 3.66. The van der Waals surface area contributed by atoms with E-state index in [9.17, 15) is 9.59 Å². The fourth-order valence-corrected chi connectivity index (χ4v) is 3.57. The molecule has 0 bridgehead atoms. The summed E-state index contributed by atoms with van der Waals surface area (Å²) in [5.41, 5.74) is 1.15. The Balaban J connectivity index is 1.79. The highest BCUT2D eigenvalue weighted by molar-refractivity contribution is 7.12. The van der Waals surface area contributed by atoms with Gasteiger partial charge in [0.25, 0.3) is 11.8 Å². The van der Waals surface area contributed by atoms with Gasteiger partial charge in [-0.3, -0.25) is 9.59 Å². The Morgan fingerprint density at radius 2 is 2.08 bits per heavy atom. The molecule has 5 nitrogen and oxygen atoms in total. The fraction of sp³-hybridized carbons (Fsp3) is 0.333. The van der Waals surface area contributed by atoms with E-state index < -0.39 is 0 Å². The molecule has 3 rings (SSSR count). The summed E-state index contributed by atoms with van der Waals surface area (Å²) < 4.78 is 0. The number of hydrogen-bond acceptors (Lipinski definition) is 4. The standard InChI is InChI=1S/C18H21N3O2S/c1-21(18(23)16-9-5-11-24-16)15-8-3-2-7-14(15)17(22)20-13-6-4-10-19-12-13/h2-3,5,7-9,11,13,19H,4,6,10,12H2,1H3,(H,20,22)/t13-/m0/s1. The zero-order chi connectivity index (χ0) is 16.9. The van der Waals surface area contributed by atoms with Crippen molar-refractivity contribution in [1.29, 1.82) is 0 Å². The average molecular weight is 343 g/mol. The molecule has 2 amide bonds. The number of hydrogen-bond donors (Lipinski definition) is 2. The van der Waals surface area contributed by atoms with Gasteiger partial charge in [0, 0.05) is 19.6 Å². The maximum Gasteiger partial charge on any atom is 0.268 e. The SMILES string of the molecule is CN(C(=O)c1cccs1)c1ccccc1C(=O)N[C@H]1CCCNC1. The second-order valence-corrected chi connectivity index (χ2v) is 6.82. The Kier molecular flexibility index (Phi) is 5.27. The van der Waals surface area contributed by atoms with Crippen molar-refractivity contribution < 1.29 is 9.59 Å². The summed E-state index contributed by atoms with van der Waals surface area (Å²) in [4.78, 5) is 27.4. The van der Waals surface area contributed by atoms with Gasteiger partial charge in [0.2, 0.25) is 0 Å². The molecule has 24 heavy (non-hydrogen) atoms. The van der Waals surface area contributed by atoms with Gasteiger partial charge in [-0.25, -0.2) is 0 Å². The molecule has 1 fully saturated rings. The molecule has 1 atom stereocenters. The summed E-state index contributed by atoms with van der Waals surface area (Å²) >= 11 is 1.40. The third-order valence-corrected chi connectivity index (χ3v) is 5.04. The summed E-state index contributed by atoms with van der Waals surface area (Å²) in [6.45, 7) is 1.79. The van der Waals surface area contributed by atoms with Crippen molar-refractivity contribution in [3.05, 3.63) is 52.2 Å². The first kappa shape index (κ1) is 16.7. The van der Waals surface area contributed by atoms with Crippen LogP contribution in [0.3, 0.4) is 0 Å². The van der Waals surface area contributed by atoms with Crippen LogP contribution in [0, 0.1) is 0 Å². The van der Waals surface area contributed by atoms with E-state index in [0.717, 1.165) is 25.9 Å². The van der Waals surface area contributed by atoms with Crippen LogP contribution in [0.15, 0.2) is 41.8 Å². The molecule has 0 aliphatic carbocycles. The number of rotatable bonds is 4. The van der Waals surface area contributed by atoms with Crippen molar-refractivity contribution in [1.82, 2.24) is 10.6 Å². The monoisotopic (exact) mass is 343 g/mol. The van der Waals surface area contributed by atoms with Crippen molar-refractivity contribution in [2.75, 3.05) is 25.0 Å². The molecule has 1 aromatic carbocycles. The minimum absolute atomic E-state index is 0.107. The first-order valence-electron chi connectivity index (χ1n) is 8.09. The van der Waals surface area contributed by atoms with E-state index in [0.29, 0.717) is 16.1 Å². The van der Waals surface area contributed by atoms with Gasteiger partial charge in [-0.2, -0.15) is 0 Å². The van der Waals surface area contributed by atoms with Crippen molar-refractivity contribution in [3.8, 4) is 0 Å². The Labute approximate surface area is 145 Å². The number of carbonyl (C=O) groups excluding carboxylic acids is 2. The molecule has 6 heteroatoms. The van der Waals surface area contributed by atoms with Crippen molar-refractivity contribution in [3.63, 3.8) is 0 Å². The maximum absolute atomic E-state index is 12.7. The number of anilines is 1. The zero-order valence-corrected chi connectivity index (χ0v) is 14.4. The molecule has 0 unspecified atom stereocenters. The predicted octanol–water partition coefficient (Wildman–Crippen LogP) is 2.51. The van der Waals surface area contributed by atoms with Crippen LogP contribution in [0.4, 0.5) is 5.69 Å². The normalized spacial score (nSPS) is 17.3. The highest BCUT2D eigenvalue weighted by Gasteiger charge is 2.22. The second kappa shape index (κ2) is 7.59. The molecule has 0 spiro atoms. The van der Waals surface area contributed by atoms with Crippen molar-refractivity contribution in [2.24, 2.45) is 0 Å². The summed E-state index contributed by atoms with van der Waals surface area (Å²) in [6, 6.07) is 11.0. The first-order valence-corrected chi connectivity index (χ1v) is 8.97. The van der Waals surface area contributed by atoms with Gasteiger partial charge < -0.3 is 15.5 Å². The van der Waals surface area contributed by atoms with Crippen LogP contribution in [0.25, 0.3) is 0 Å². The minimum atomic E-state index is -0.134. The largest absolute Gasteiger partial charge is 0.348 e. The minimum Gasteiger partial charge on any atom is -0.348 e. The molecule has 1 aliphatic heterocycles. The Hall–Kier alpha value is -2.18. The molecule has 0 saturated carbocycles. The van der Waals surface area contributed by atoms with Gasteiger partial charge in [-0.05, 0) is 43.0 Å². The quantitative estimate of drug-likeness (QED) is 0.897. The third-order valence-electron chi connectivity index (χ3n) is 4.18. The molecule has 0 radical (unpaired) electrons. The number of piperidine rings is 1. The molecule has 1 saturated heterocycles. The number of para-hydroxylation sites is 1. The Bertz CT molecular complexity index is 709. The molecular weight excluding hydrogens is 322 g/mol. The highest BCUT2D eigenvalue weighted by Crippen LogP contribution is 2.23. The lowest BCUT2D eigenvalue weighted by Gasteiger charge is -2.25. The van der Waals surface area contributed by atoms with Crippen LogP contribution in [0.5, 0.6) is 0 Å². The molecule has 1 aromatic heterocycles. The number of nitrogens with one attached hydrogen (secondary N) is 2. The van der Waals surface area contributed by atoms with E-state index in [1.165, 1.54) is 11.3 Å². The fourth-order valence-electron chi connectivity index (χ4n) is 2.87. The number of carbonyl (C=O) groups is 2. The van der Waals surface area contributed by atoms with E-state index in [1.54, 1.807) is 30.1 Å². The molecule has 2 aromatic rings. The second-order valence-electron chi connectivity index (χ2n) is 5.88. The maximum atomic E-state index is 12.7. The number of benzene rings is 1. The van der Waals surface area contributed by atoms with Gasteiger partial charge in [0.15, 0.2) is 0 Å². The van der Waals surface area contributed by atoms with Gasteiger partial charge in [-0.1, -0.05) is 18.2 Å². The van der Waals surface area contributed by atoms with Gasteiger partial charge >= 0.3 is 0 Å². The van der Waals surface area contributed by atoms with Crippen LogP contribution >= 0.6 is 11.3 Å². The summed E-state index contributed by atoms with van der Waals surface area (Å²) in [5.74, 6) is -0.241. The smallest absolute Gasteiger partial charge is 0.268 e. The van der Waals surface area contributed by atoms with E-state index in [2.05, 4.69) is 10.6 Å². The first-order chi connectivity index (χ1) is 11.7. The van der Waals surface area contributed by atoms with Crippen molar-refractivity contribution in [2.45, 2.75) is 18.9 Å². The lowest BCUT2D eigenvalue weighted by atomic mass is 10.1. The van der Waals surface area contributed by atoms with Crippen LogP contribution in [0.1, 0.15) is 32.9 Å². The average Bonchev–Trinajstić information content (AvgIpc) is 3.16. The van der Waals surface area contributed by atoms with E-state index in [4.69, 9.17) is 0 Å². The van der Waals surface area contributed by atoms with E-state index >= 15 is 0 Å². The van der Waals surface area contributed by atoms with Gasteiger partial charge in [-0.15, -0.1) is 11.3 Å². The topological polar surface area (TPSA) is 61.4 Å². The number of thiophene rings is 1. The van der Waals surface area contributed by atoms with E-state index in [-0.39, 0.29) is 17.9 Å². The van der Waals surface area contributed by atoms with Crippen molar-refractivity contribution >= 4 is 28.8 Å². The van der Waals surface area contributed by atoms with Crippen LogP contribution in [0.2, 0.25) is 0 Å². The molecular formula is C18H21N3O2S. The zero-order valence-electron chi connectivity index (χ0n) is 13.6. The highest BCUT2D eigenvalue weighted by atomic mass is 32.1. The summed E-state index contributed by atoms with van der Waals surface area (Å²) in [6.07, 6.45) is 2.04. The number of amides is 2. The molecule has 126 valence electrons. The van der Waals surface area contributed by atoms with Gasteiger partial charge in [0.1, 0.15) is 0 Å². The Morgan fingerprint density at radius 3 is 2.79 bits per heavy atom. The van der Waals surface area contributed by atoms with Crippen LogP contribution in [-0.4, -0.2) is 38.0 Å². The summed E-state index contributed by atoms with van der Waals surface area (Å²) in [7, 11) is 1.70. The van der Waals surface area contributed by atoms with Gasteiger partial charge in [0.05, 0.1) is 16.1 Å². The molecule has 2 N–H and O–H groups in total. The van der Waals surface area contributed by atoms with Crippen LogP contribution in [-0.2, 0) is 0 Å². The predicted molar refractivity (Wildman–Crippen MR) is 96.9 cm³/mol. The van der Waals surface area contributed by atoms with E-state index in [1.807, 2.05) is 23.6 Å². The number of nitrogens with zero attached hydrogens (tertiary/aromatic N) is 1. The lowest BCUT2D eigenvalue weighted by Crippen LogP contribution is -2.45. The molecule has 2 heterocycles. The van der Waals surface area contributed by atoms with Crippen LogP contribution < -0.4 is 15.5 Å². The Morgan fingerprint density at radius 1 is 1.25 bits per heavy atom. The summed E-state index contributed by atoms with van der Waals surface area (Å²) in [5, 5.41) is 8.23. The molecule has 1 aliphatic rings. The lowest BCUT2D eigenvalue weighted by molar-refractivity contribution is 0.0931.